The number of carbonyl (C=O) groups excluding carboxylic acids is 1. The number of hydrogen-bond donors (Lipinski definition) is 2. The number of rotatable bonds is 5. The molecule has 0 bridgehead atoms. The zero-order chi connectivity index (χ0) is 14.0. The summed E-state index contributed by atoms with van der Waals surface area (Å²) in [7, 11) is 0. The molecule has 0 spiro atoms. The number of carbonyl (C=O) groups is 1. The van der Waals surface area contributed by atoms with Crippen molar-refractivity contribution in [1.82, 2.24) is 5.32 Å². The van der Waals surface area contributed by atoms with E-state index in [0.29, 0.717) is 0 Å². The van der Waals surface area contributed by atoms with Crippen molar-refractivity contribution in [2.75, 3.05) is 5.32 Å². The van der Waals surface area contributed by atoms with Crippen molar-refractivity contribution in [3.63, 3.8) is 0 Å². The predicted octanol–water partition coefficient (Wildman–Crippen LogP) is 1.81. The molecule has 1 aromatic carbocycles. The van der Waals surface area contributed by atoms with Crippen LogP contribution < -0.4 is 10.6 Å². The van der Waals surface area contributed by atoms with E-state index in [2.05, 4.69) is 10.6 Å². The molecule has 0 saturated heterocycles. The largest absolute Gasteiger partial charge is 0.374 e. The van der Waals surface area contributed by atoms with E-state index < -0.39 is 16.8 Å². The van der Waals surface area contributed by atoms with E-state index in [1.54, 1.807) is 6.92 Å². The topological polar surface area (TPSA) is 84.3 Å². The molecular formula is C12H14FN3O3. The summed E-state index contributed by atoms with van der Waals surface area (Å²) >= 11 is 0. The minimum atomic E-state index is -0.716. The maximum atomic E-state index is 13.2. The van der Waals surface area contributed by atoms with Crippen LogP contribution in [0.25, 0.3) is 0 Å². The molecule has 0 radical (unpaired) electrons. The second-order valence-electron chi connectivity index (χ2n) is 4.60. The van der Waals surface area contributed by atoms with Crippen LogP contribution in [-0.4, -0.2) is 22.9 Å². The van der Waals surface area contributed by atoms with Crippen molar-refractivity contribution < 1.29 is 14.1 Å². The van der Waals surface area contributed by atoms with Gasteiger partial charge in [-0.1, -0.05) is 0 Å². The first-order chi connectivity index (χ1) is 8.95. The summed E-state index contributed by atoms with van der Waals surface area (Å²) in [6.07, 6.45) is 1.95. The molecule has 1 aliphatic rings. The summed E-state index contributed by atoms with van der Waals surface area (Å²) in [5.41, 5.74) is -0.137. The molecule has 1 atom stereocenters. The summed E-state index contributed by atoms with van der Waals surface area (Å²) in [4.78, 5) is 21.6. The number of nitrogens with one attached hydrogen (secondary N) is 2. The third kappa shape index (κ3) is 3.64. The Labute approximate surface area is 109 Å². The number of non-ortho nitro benzene ring substituents is 1. The van der Waals surface area contributed by atoms with Crippen LogP contribution in [-0.2, 0) is 4.79 Å². The molecule has 2 rings (SSSR count). The number of halogens is 1. The lowest BCUT2D eigenvalue weighted by atomic mass is 10.2. The van der Waals surface area contributed by atoms with Gasteiger partial charge in [-0.3, -0.25) is 14.9 Å². The molecule has 7 heteroatoms. The minimum absolute atomic E-state index is 0.200. The first-order valence-corrected chi connectivity index (χ1v) is 5.97. The van der Waals surface area contributed by atoms with Crippen LogP contribution in [0.2, 0.25) is 0 Å². The fourth-order valence-electron chi connectivity index (χ4n) is 1.63. The summed E-state index contributed by atoms with van der Waals surface area (Å²) in [6, 6.07) is 2.80. The van der Waals surface area contributed by atoms with Crippen molar-refractivity contribution >= 4 is 17.3 Å². The van der Waals surface area contributed by atoms with Gasteiger partial charge in [-0.25, -0.2) is 4.39 Å². The van der Waals surface area contributed by atoms with Gasteiger partial charge < -0.3 is 10.6 Å². The maximum Gasteiger partial charge on any atom is 0.274 e. The second kappa shape index (κ2) is 5.21. The van der Waals surface area contributed by atoms with Crippen LogP contribution in [0.5, 0.6) is 0 Å². The van der Waals surface area contributed by atoms with Crippen LogP contribution in [0.4, 0.5) is 15.8 Å². The Kier molecular flexibility index (Phi) is 3.64. The average molecular weight is 267 g/mol. The van der Waals surface area contributed by atoms with Crippen molar-refractivity contribution in [3.05, 3.63) is 34.1 Å². The van der Waals surface area contributed by atoms with Crippen LogP contribution in [0.3, 0.4) is 0 Å². The fraction of sp³-hybridized carbons (Fsp3) is 0.417. The monoisotopic (exact) mass is 267 g/mol. The molecule has 102 valence electrons. The van der Waals surface area contributed by atoms with E-state index in [1.165, 1.54) is 6.07 Å². The summed E-state index contributed by atoms with van der Waals surface area (Å²) in [5.74, 6) is -0.916. The number of hydrogen-bond acceptors (Lipinski definition) is 4. The van der Waals surface area contributed by atoms with E-state index in [-0.39, 0.29) is 23.3 Å². The Bertz CT molecular complexity index is 517. The average Bonchev–Trinajstić information content (AvgIpc) is 3.11. The van der Waals surface area contributed by atoms with Gasteiger partial charge in [0.25, 0.3) is 5.69 Å². The van der Waals surface area contributed by atoms with Crippen molar-refractivity contribution in [3.8, 4) is 0 Å². The highest BCUT2D eigenvalue weighted by Gasteiger charge is 2.25. The van der Waals surface area contributed by atoms with Gasteiger partial charge in [0.2, 0.25) is 5.91 Å². The number of nitro groups is 1. The number of nitrogens with zero attached hydrogens (tertiary/aromatic N) is 1. The normalized spacial score (nSPS) is 15.7. The molecule has 1 aromatic rings. The molecule has 0 aliphatic heterocycles. The fourth-order valence-corrected chi connectivity index (χ4v) is 1.63. The van der Waals surface area contributed by atoms with Crippen LogP contribution in [0.15, 0.2) is 18.2 Å². The van der Waals surface area contributed by atoms with Gasteiger partial charge in [-0.2, -0.15) is 0 Å². The zero-order valence-electron chi connectivity index (χ0n) is 10.4. The predicted molar refractivity (Wildman–Crippen MR) is 67.3 cm³/mol. The Hall–Kier alpha value is -2.18. The lowest BCUT2D eigenvalue weighted by Crippen LogP contribution is -2.38. The molecule has 2 N–H and O–H groups in total. The van der Waals surface area contributed by atoms with Gasteiger partial charge in [0.05, 0.1) is 11.0 Å². The van der Waals surface area contributed by atoms with Crippen molar-refractivity contribution in [2.45, 2.75) is 31.8 Å². The maximum absolute atomic E-state index is 13.2. The smallest absolute Gasteiger partial charge is 0.274 e. The van der Waals surface area contributed by atoms with Gasteiger partial charge in [0.15, 0.2) is 0 Å². The second-order valence-corrected chi connectivity index (χ2v) is 4.60. The zero-order valence-corrected chi connectivity index (χ0v) is 10.4. The lowest BCUT2D eigenvalue weighted by molar-refractivity contribution is -0.385. The summed E-state index contributed by atoms with van der Waals surface area (Å²) < 4.78 is 13.2. The molecular weight excluding hydrogens is 253 g/mol. The van der Waals surface area contributed by atoms with E-state index in [0.717, 1.165) is 25.0 Å². The van der Waals surface area contributed by atoms with E-state index in [1.807, 2.05) is 0 Å². The standard InChI is InChI=1S/C12H14FN3O3/c1-7(12(17)15-9-2-3-9)14-10-4-8(13)5-11(6-10)16(18)19/h4-7,9,14H,2-3H2,1H3,(H,15,17). The van der Waals surface area contributed by atoms with Gasteiger partial charge in [-0.15, -0.1) is 0 Å². The van der Waals surface area contributed by atoms with Gasteiger partial charge >= 0.3 is 0 Å². The van der Waals surface area contributed by atoms with Gasteiger partial charge in [0, 0.05) is 17.8 Å². The van der Waals surface area contributed by atoms with E-state index >= 15 is 0 Å². The highest BCUT2D eigenvalue weighted by atomic mass is 19.1. The van der Waals surface area contributed by atoms with Crippen molar-refractivity contribution in [2.24, 2.45) is 0 Å². The number of amides is 1. The SMILES string of the molecule is CC(Nc1cc(F)cc([N+](=O)[O-])c1)C(=O)NC1CC1. The molecule has 1 fully saturated rings. The highest BCUT2D eigenvalue weighted by Crippen LogP contribution is 2.21. The highest BCUT2D eigenvalue weighted by molar-refractivity contribution is 5.84. The minimum Gasteiger partial charge on any atom is -0.374 e. The molecule has 1 unspecified atom stereocenters. The van der Waals surface area contributed by atoms with Crippen LogP contribution >= 0.6 is 0 Å². The van der Waals surface area contributed by atoms with Crippen molar-refractivity contribution in [1.29, 1.82) is 0 Å². The molecule has 0 heterocycles. The quantitative estimate of drug-likeness (QED) is 0.629. The van der Waals surface area contributed by atoms with Gasteiger partial charge in [-0.05, 0) is 25.8 Å². The van der Waals surface area contributed by atoms with Crippen LogP contribution in [0, 0.1) is 15.9 Å². The molecule has 0 aromatic heterocycles. The molecule has 19 heavy (non-hydrogen) atoms. The Morgan fingerprint density at radius 1 is 1.47 bits per heavy atom. The third-order valence-electron chi connectivity index (χ3n) is 2.79. The third-order valence-corrected chi connectivity index (χ3v) is 2.79. The number of nitro benzene ring substituents is 1. The Morgan fingerprint density at radius 3 is 2.74 bits per heavy atom. The molecule has 1 saturated carbocycles. The first-order valence-electron chi connectivity index (χ1n) is 5.97. The van der Waals surface area contributed by atoms with Gasteiger partial charge in [0.1, 0.15) is 11.9 Å². The first kappa shape index (κ1) is 13.3. The Morgan fingerprint density at radius 2 is 2.16 bits per heavy atom. The lowest BCUT2D eigenvalue weighted by Gasteiger charge is -2.14. The molecule has 1 aliphatic carbocycles. The summed E-state index contributed by atoms with van der Waals surface area (Å²) in [5, 5.41) is 16.2. The van der Waals surface area contributed by atoms with E-state index in [4.69, 9.17) is 0 Å². The summed E-state index contributed by atoms with van der Waals surface area (Å²) in [6.45, 7) is 1.62. The number of anilines is 1. The molecule has 6 nitrogen and oxygen atoms in total. The number of benzene rings is 1. The molecule has 1 amide bonds. The van der Waals surface area contributed by atoms with E-state index in [9.17, 15) is 19.3 Å². The Balaban J connectivity index is 2.04. The van der Waals surface area contributed by atoms with Crippen LogP contribution in [0.1, 0.15) is 19.8 Å².